The summed E-state index contributed by atoms with van der Waals surface area (Å²) in [4.78, 5) is 12.3. The Morgan fingerprint density at radius 2 is 1.80 bits per heavy atom. The number of benzene rings is 2. The van der Waals surface area contributed by atoms with Gasteiger partial charge in [0, 0.05) is 26.2 Å². The molecule has 2 aromatic rings. The zero-order valence-electron chi connectivity index (χ0n) is 14.5. The topological polar surface area (TPSA) is 75.7 Å². The summed E-state index contributed by atoms with van der Waals surface area (Å²) >= 11 is 0. The van der Waals surface area contributed by atoms with Crippen LogP contribution in [0.15, 0.2) is 53.4 Å². The number of methoxy groups -OCH3 is 1. The molecule has 0 unspecified atom stereocenters. The van der Waals surface area contributed by atoms with Gasteiger partial charge in [-0.1, -0.05) is 12.1 Å². The van der Waals surface area contributed by atoms with Gasteiger partial charge >= 0.3 is 0 Å². The first-order valence-electron chi connectivity index (χ1n) is 7.78. The van der Waals surface area contributed by atoms with Crippen LogP contribution >= 0.6 is 0 Å². The monoisotopic (exact) mass is 362 g/mol. The largest absolute Gasteiger partial charge is 0.497 e. The third-order valence-electron chi connectivity index (χ3n) is 3.73. The average Bonchev–Trinajstić information content (AvgIpc) is 2.61. The van der Waals surface area contributed by atoms with E-state index < -0.39 is 10.0 Å². The van der Waals surface area contributed by atoms with Crippen molar-refractivity contribution < 1.29 is 17.9 Å². The van der Waals surface area contributed by atoms with Crippen LogP contribution in [0.4, 0.5) is 0 Å². The highest BCUT2D eigenvalue weighted by atomic mass is 32.2. The number of carbonyl (C=O) groups excluding carboxylic acids is 1. The van der Waals surface area contributed by atoms with E-state index in [-0.39, 0.29) is 10.8 Å². The van der Waals surface area contributed by atoms with Gasteiger partial charge in [-0.3, -0.25) is 4.79 Å². The Balaban J connectivity index is 1.95. The molecule has 0 fully saturated rings. The van der Waals surface area contributed by atoms with Crippen LogP contribution in [-0.2, 0) is 16.4 Å². The maximum Gasteiger partial charge on any atom is 0.251 e. The van der Waals surface area contributed by atoms with Crippen molar-refractivity contribution in [3.8, 4) is 5.75 Å². The van der Waals surface area contributed by atoms with Crippen molar-refractivity contribution in [2.75, 3.05) is 27.7 Å². The van der Waals surface area contributed by atoms with E-state index in [2.05, 4.69) is 5.32 Å². The molecule has 1 N–H and O–H groups in total. The minimum absolute atomic E-state index is 0.158. The molecule has 0 aliphatic rings. The van der Waals surface area contributed by atoms with Gasteiger partial charge in [0.25, 0.3) is 5.91 Å². The van der Waals surface area contributed by atoms with Crippen LogP contribution in [-0.4, -0.2) is 46.4 Å². The van der Waals surface area contributed by atoms with Gasteiger partial charge in [-0.25, -0.2) is 12.7 Å². The highest BCUT2D eigenvalue weighted by Crippen LogP contribution is 2.14. The molecule has 0 atom stereocenters. The van der Waals surface area contributed by atoms with Crippen LogP contribution in [0, 0.1) is 0 Å². The van der Waals surface area contributed by atoms with Gasteiger partial charge in [-0.05, 0) is 48.4 Å². The number of nitrogens with zero attached hydrogens (tertiary/aromatic N) is 1. The number of ether oxygens (including phenoxy) is 1. The molecule has 0 radical (unpaired) electrons. The van der Waals surface area contributed by atoms with Crippen LogP contribution in [0.2, 0.25) is 0 Å². The zero-order valence-corrected chi connectivity index (χ0v) is 15.3. The second-order valence-corrected chi connectivity index (χ2v) is 7.82. The Morgan fingerprint density at radius 3 is 2.40 bits per heavy atom. The van der Waals surface area contributed by atoms with E-state index in [1.54, 1.807) is 7.11 Å². The summed E-state index contributed by atoms with van der Waals surface area (Å²) in [6.45, 7) is 0.476. The van der Waals surface area contributed by atoms with E-state index in [0.29, 0.717) is 18.5 Å². The third kappa shape index (κ3) is 4.80. The molecule has 0 bridgehead atoms. The molecule has 0 aliphatic carbocycles. The van der Waals surface area contributed by atoms with Gasteiger partial charge in [0.05, 0.1) is 12.0 Å². The van der Waals surface area contributed by atoms with E-state index in [9.17, 15) is 13.2 Å². The quantitative estimate of drug-likeness (QED) is 0.816. The molecule has 0 saturated heterocycles. The molecule has 0 aliphatic heterocycles. The Hall–Kier alpha value is -2.38. The van der Waals surface area contributed by atoms with Gasteiger partial charge in [0.1, 0.15) is 5.75 Å². The number of rotatable bonds is 7. The van der Waals surface area contributed by atoms with Gasteiger partial charge in [-0.2, -0.15) is 0 Å². The number of hydrogen-bond acceptors (Lipinski definition) is 4. The number of carbonyl (C=O) groups is 1. The lowest BCUT2D eigenvalue weighted by atomic mass is 10.1. The molecule has 0 saturated carbocycles. The van der Waals surface area contributed by atoms with Crippen molar-refractivity contribution in [2.24, 2.45) is 0 Å². The van der Waals surface area contributed by atoms with Crippen LogP contribution in [0.1, 0.15) is 15.9 Å². The SMILES string of the molecule is COc1cccc(CCNC(=O)c2ccc(S(=O)(=O)N(C)C)cc2)c1. The van der Waals surface area contributed by atoms with Crippen molar-refractivity contribution >= 4 is 15.9 Å². The van der Waals surface area contributed by atoms with E-state index in [1.807, 2.05) is 24.3 Å². The Bertz CT molecular complexity index is 830. The van der Waals surface area contributed by atoms with Gasteiger partial charge < -0.3 is 10.1 Å². The summed E-state index contributed by atoms with van der Waals surface area (Å²) in [6.07, 6.45) is 0.677. The minimum atomic E-state index is -3.49. The maximum atomic E-state index is 12.2. The number of amides is 1. The molecule has 0 spiro atoms. The highest BCUT2D eigenvalue weighted by Gasteiger charge is 2.17. The van der Waals surface area contributed by atoms with Crippen LogP contribution in [0.5, 0.6) is 5.75 Å². The summed E-state index contributed by atoms with van der Waals surface area (Å²) in [6, 6.07) is 13.6. The molecule has 6 nitrogen and oxygen atoms in total. The van der Waals surface area contributed by atoms with E-state index >= 15 is 0 Å². The van der Waals surface area contributed by atoms with Gasteiger partial charge in [-0.15, -0.1) is 0 Å². The number of hydrogen-bond donors (Lipinski definition) is 1. The third-order valence-corrected chi connectivity index (χ3v) is 5.56. The molecular formula is C18H22N2O4S. The van der Waals surface area contributed by atoms with Crippen LogP contribution in [0.25, 0.3) is 0 Å². The molecule has 0 aromatic heterocycles. The molecular weight excluding hydrogens is 340 g/mol. The summed E-state index contributed by atoms with van der Waals surface area (Å²) in [5, 5.41) is 2.83. The molecule has 2 rings (SSSR count). The van der Waals surface area contributed by atoms with Gasteiger partial charge in [0.2, 0.25) is 10.0 Å². The fraction of sp³-hybridized carbons (Fsp3) is 0.278. The van der Waals surface area contributed by atoms with Crippen molar-refractivity contribution in [2.45, 2.75) is 11.3 Å². The fourth-order valence-corrected chi connectivity index (χ4v) is 3.14. The lowest BCUT2D eigenvalue weighted by Crippen LogP contribution is -2.26. The second-order valence-electron chi connectivity index (χ2n) is 5.67. The second kappa shape index (κ2) is 8.13. The maximum absolute atomic E-state index is 12.2. The zero-order chi connectivity index (χ0) is 18.4. The lowest BCUT2D eigenvalue weighted by Gasteiger charge is -2.11. The van der Waals surface area contributed by atoms with Gasteiger partial charge in [0.15, 0.2) is 0 Å². The summed E-state index contributed by atoms with van der Waals surface area (Å²) in [5.74, 6) is 0.540. The first-order valence-corrected chi connectivity index (χ1v) is 9.22. The van der Waals surface area contributed by atoms with Crippen molar-refractivity contribution in [3.63, 3.8) is 0 Å². The van der Waals surface area contributed by atoms with E-state index in [0.717, 1.165) is 15.6 Å². The van der Waals surface area contributed by atoms with E-state index in [1.165, 1.54) is 38.4 Å². The molecule has 25 heavy (non-hydrogen) atoms. The number of sulfonamides is 1. The lowest BCUT2D eigenvalue weighted by molar-refractivity contribution is 0.0954. The van der Waals surface area contributed by atoms with Crippen LogP contribution in [0.3, 0.4) is 0 Å². The summed E-state index contributed by atoms with van der Waals surface area (Å²) in [7, 11) is 1.06. The standard InChI is InChI=1S/C18H22N2O4S/c1-20(2)25(22,23)17-9-7-15(8-10-17)18(21)19-12-11-14-5-4-6-16(13-14)24-3/h4-10,13H,11-12H2,1-3H3,(H,19,21). The molecule has 1 amide bonds. The Labute approximate surface area is 148 Å². The molecule has 134 valence electrons. The molecule has 0 heterocycles. The van der Waals surface area contributed by atoms with Crippen molar-refractivity contribution in [3.05, 3.63) is 59.7 Å². The van der Waals surface area contributed by atoms with E-state index in [4.69, 9.17) is 4.74 Å². The normalized spacial score (nSPS) is 11.4. The highest BCUT2D eigenvalue weighted by molar-refractivity contribution is 7.89. The Morgan fingerprint density at radius 1 is 1.12 bits per heavy atom. The van der Waals surface area contributed by atoms with Crippen molar-refractivity contribution in [1.82, 2.24) is 9.62 Å². The number of nitrogens with one attached hydrogen (secondary N) is 1. The van der Waals surface area contributed by atoms with Crippen LogP contribution < -0.4 is 10.1 Å². The predicted octanol–water partition coefficient (Wildman–Crippen LogP) is 1.92. The fourth-order valence-electron chi connectivity index (χ4n) is 2.24. The first kappa shape index (κ1) is 19.0. The summed E-state index contributed by atoms with van der Waals surface area (Å²) < 4.78 is 30.3. The first-order chi connectivity index (χ1) is 11.8. The average molecular weight is 362 g/mol. The van der Waals surface area contributed by atoms with Crippen molar-refractivity contribution in [1.29, 1.82) is 0 Å². The smallest absolute Gasteiger partial charge is 0.251 e. The summed E-state index contributed by atoms with van der Waals surface area (Å²) in [5.41, 5.74) is 1.48. The predicted molar refractivity (Wildman–Crippen MR) is 96.3 cm³/mol. The molecule has 2 aromatic carbocycles. The molecule has 7 heteroatoms. The Kier molecular flexibility index (Phi) is 6.17. The minimum Gasteiger partial charge on any atom is -0.497 e.